The van der Waals surface area contributed by atoms with Crippen molar-refractivity contribution in [3.63, 3.8) is 0 Å². The maximum absolute atomic E-state index is 14.4. The number of aryl methyl sites for hydroxylation is 1. The molecule has 2 N–H and O–H groups in total. The Bertz CT molecular complexity index is 1570. The Hall–Kier alpha value is -4.33. The number of hydrogen-bond acceptors (Lipinski definition) is 4. The summed E-state index contributed by atoms with van der Waals surface area (Å²) in [4.78, 5) is 12.3. The van der Waals surface area contributed by atoms with E-state index in [2.05, 4.69) is 30.2 Å². The van der Waals surface area contributed by atoms with Gasteiger partial charge in [0.15, 0.2) is 5.65 Å². The van der Waals surface area contributed by atoms with Crippen LogP contribution in [0.15, 0.2) is 67.3 Å². The van der Waals surface area contributed by atoms with E-state index in [-0.39, 0.29) is 5.82 Å². The number of nitrogens with one attached hydrogen (secondary N) is 2. The molecule has 6 aromatic rings. The Balaban J connectivity index is 1.52. The highest BCUT2D eigenvalue weighted by molar-refractivity contribution is 5.99. The van der Waals surface area contributed by atoms with Crippen molar-refractivity contribution in [3.05, 3.63) is 73.1 Å². The molecule has 6 rings (SSSR count). The number of H-pyrrole nitrogens is 2. The normalized spacial score (nSPS) is 11.5. The Kier molecular flexibility index (Phi) is 3.73. The fourth-order valence-corrected chi connectivity index (χ4v) is 3.91. The summed E-state index contributed by atoms with van der Waals surface area (Å²) >= 11 is 0. The van der Waals surface area contributed by atoms with Gasteiger partial charge >= 0.3 is 0 Å². The molecule has 0 saturated carbocycles. The summed E-state index contributed by atoms with van der Waals surface area (Å²) in [6, 6.07) is 12.6. The smallest absolute Gasteiger partial charge is 0.181 e. The van der Waals surface area contributed by atoms with Gasteiger partial charge in [-0.05, 0) is 29.8 Å². The molecule has 31 heavy (non-hydrogen) atoms. The van der Waals surface area contributed by atoms with E-state index in [4.69, 9.17) is 0 Å². The van der Waals surface area contributed by atoms with Crippen molar-refractivity contribution < 1.29 is 4.39 Å². The molecule has 0 fully saturated rings. The highest BCUT2D eigenvalue weighted by atomic mass is 19.1. The highest BCUT2D eigenvalue weighted by Crippen LogP contribution is 2.34. The number of rotatable bonds is 3. The summed E-state index contributed by atoms with van der Waals surface area (Å²) in [5.74, 6) is -0.268. The molecule has 0 atom stereocenters. The van der Waals surface area contributed by atoms with Crippen LogP contribution in [0.5, 0.6) is 0 Å². The average Bonchev–Trinajstić information content (AvgIpc) is 3.50. The first-order valence-corrected chi connectivity index (χ1v) is 9.73. The molecule has 0 aliphatic rings. The van der Waals surface area contributed by atoms with Gasteiger partial charge in [-0.1, -0.05) is 18.2 Å². The van der Waals surface area contributed by atoms with Crippen LogP contribution in [0.25, 0.3) is 55.7 Å². The van der Waals surface area contributed by atoms with Gasteiger partial charge in [0.1, 0.15) is 11.5 Å². The van der Waals surface area contributed by atoms with Crippen molar-refractivity contribution >= 4 is 22.1 Å². The zero-order chi connectivity index (χ0) is 20.9. The summed E-state index contributed by atoms with van der Waals surface area (Å²) < 4.78 is 16.2. The molecule has 5 aromatic heterocycles. The van der Waals surface area contributed by atoms with Gasteiger partial charge in [0, 0.05) is 53.1 Å². The number of pyridine rings is 2. The lowest BCUT2D eigenvalue weighted by molar-refractivity contribution is 0.631. The number of nitrogens with zero attached hydrogens (tertiary/aromatic N) is 5. The van der Waals surface area contributed by atoms with E-state index in [9.17, 15) is 4.39 Å². The van der Waals surface area contributed by atoms with Gasteiger partial charge in [0.25, 0.3) is 0 Å². The predicted octanol–water partition coefficient (Wildman–Crippen LogP) is 4.71. The summed E-state index contributed by atoms with van der Waals surface area (Å²) in [5, 5.41) is 13.4. The lowest BCUT2D eigenvalue weighted by Gasteiger charge is -2.04. The number of hydrogen-bond donors (Lipinski definition) is 2. The van der Waals surface area contributed by atoms with Crippen molar-refractivity contribution in [2.75, 3.05) is 0 Å². The number of fused-ring (bicyclic) bond motifs is 2. The molecule has 5 heterocycles. The molecule has 0 bridgehead atoms. The number of benzene rings is 1. The third-order valence-electron chi connectivity index (χ3n) is 5.41. The van der Waals surface area contributed by atoms with E-state index >= 15 is 0 Å². The van der Waals surface area contributed by atoms with Gasteiger partial charge in [-0.25, -0.2) is 14.4 Å². The van der Waals surface area contributed by atoms with Crippen LogP contribution >= 0.6 is 0 Å². The van der Waals surface area contributed by atoms with Crippen LogP contribution in [0.4, 0.5) is 4.39 Å². The zero-order valence-corrected chi connectivity index (χ0v) is 16.5. The summed E-state index contributed by atoms with van der Waals surface area (Å²) in [6.45, 7) is 0. The van der Waals surface area contributed by atoms with Crippen LogP contribution in [-0.4, -0.2) is 34.9 Å². The van der Waals surface area contributed by atoms with Gasteiger partial charge in [-0.2, -0.15) is 10.2 Å². The quantitative estimate of drug-likeness (QED) is 0.443. The van der Waals surface area contributed by atoms with Crippen LogP contribution in [0.3, 0.4) is 0 Å². The Morgan fingerprint density at radius 1 is 0.935 bits per heavy atom. The van der Waals surface area contributed by atoms with E-state index in [0.717, 1.165) is 38.9 Å². The first kappa shape index (κ1) is 17.5. The summed E-state index contributed by atoms with van der Waals surface area (Å²) in [6.07, 6.45) is 7.21. The minimum absolute atomic E-state index is 0.268. The molecule has 0 radical (unpaired) electrons. The lowest BCUT2D eigenvalue weighted by atomic mass is 10.0. The van der Waals surface area contributed by atoms with E-state index in [1.54, 1.807) is 35.4 Å². The van der Waals surface area contributed by atoms with Crippen molar-refractivity contribution in [2.24, 2.45) is 7.05 Å². The highest BCUT2D eigenvalue weighted by Gasteiger charge is 2.16. The van der Waals surface area contributed by atoms with Crippen molar-refractivity contribution in [1.82, 2.24) is 34.9 Å². The molecule has 0 amide bonds. The number of aromatic amines is 2. The molecular weight excluding hydrogens is 393 g/mol. The van der Waals surface area contributed by atoms with Crippen LogP contribution < -0.4 is 0 Å². The molecule has 0 aliphatic heterocycles. The topological polar surface area (TPSA) is 88.1 Å². The fraction of sp³-hybridized carbons (Fsp3) is 0.0435. The number of halogens is 1. The van der Waals surface area contributed by atoms with Gasteiger partial charge < -0.3 is 4.98 Å². The minimum Gasteiger partial charge on any atom is -0.338 e. The van der Waals surface area contributed by atoms with Gasteiger partial charge in [-0.15, -0.1) is 0 Å². The predicted molar refractivity (Wildman–Crippen MR) is 117 cm³/mol. The standard InChI is InChI=1S/C23H16FN7/c1-31-12-14(11-27-31)13-8-18-21(29-30-23(18)26-10-13)20-9-17-15(6-7-25-22(17)28-20)16-4-2-3-5-19(16)24/h2-12H,1H3,(H,25,28)(H,26,29,30). The SMILES string of the molecule is Cn1cc(-c2cnc3n[nH]c(-c4cc5c(-c6ccccc6F)ccnc5[nH]4)c3c2)cn1. The van der Waals surface area contributed by atoms with Crippen LogP contribution in [-0.2, 0) is 7.05 Å². The average molecular weight is 409 g/mol. The molecule has 7 nitrogen and oxygen atoms in total. The second-order valence-corrected chi connectivity index (χ2v) is 7.38. The second-order valence-electron chi connectivity index (χ2n) is 7.38. The molecule has 8 heteroatoms. The van der Waals surface area contributed by atoms with Crippen LogP contribution in [0.1, 0.15) is 0 Å². The zero-order valence-electron chi connectivity index (χ0n) is 16.5. The molecular formula is C23H16FN7. The maximum Gasteiger partial charge on any atom is 0.181 e. The lowest BCUT2D eigenvalue weighted by Crippen LogP contribution is -1.85. The van der Waals surface area contributed by atoms with Crippen LogP contribution in [0.2, 0.25) is 0 Å². The van der Waals surface area contributed by atoms with Crippen molar-refractivity contribution in [1.29, 1.82) is 0 Å². The Labute approximate surface area is 175 Å². The molecule has 150 valence electrons. The number of aromatic nitrogens is 7. The Morgan fingerprint density at radius 3 is 2.68 bits per heavy atom. The molecule has 0 unspecified atom stereocenters. The minimum atomic E-state index is -0.268. The van der Waals surface area contributed by atoms with E-state index < -0.39 is 0 Å². The Morgan fingerprint density at radius 2 is 1.84 bits per heavy atom. The second kappa shape index (κ2) is 6.60. The first-order valence-electron chi connectivity index (χ1n) is 9.73. The fourth-order valence-electron chi connectivity index (χ4n) is 3.91. The monoisotopic (exact) mass is 409 g/mol. The van der Waals surface area contributed by atoms with E-state index in [0.29, 0.717) is 16.9 Å². The third-order valence-corrected chi connectivity index (χ3v) is 5.41. The molecule has 0 aliphatic carbocycles. The molecule has 0 spiro atoms. The van der Waals surface area contributed by atoms with E-state index in [1.165, 1.54) is 6.07 Å². The molecule has 0 saturated heterocycles. The van der Waals surface area contributed by atoms with Gasteiger partial charge in [0.2, 0.25) is 0 Å². The van der Waals surface area contributed by atoms with Gasteiger partial charge in [-0.3, -0.25) is 9.78 Å². The van der Waals surface area contributed by atoms with Crippen molar-refractivity contribution in [3.8, 4) is 33.6 Å². The third kappa shape index (κ3) is 2.80. The van der Waals surface area contributed by atoms with Crippen molar-refractivity contribution in [2.45, 2.75) is 0 Å². The molecule has 1 aromatic carbocycles. The van der Waals surface area contributed by atoms with Gasteiger partial charge in [0.05, 0.1) is 17.6 Å². The van der Waals surface area contributed by atoms with E-state index in [1.807, 2.05) is 37.5 Å². The largest absolute Gasteiger partial charge is 0.338 e. The summed E-state index contributed by atoms with van der Waals surface area (Å²) in [5.41, 5.74) is 6.14. The van der Waals surface area contributed by atoms with Crippen LogP contribution in [0, 0.1) is 5.82 Å². The maximum atomic E-state index is 14.4. The first-order chi connectivity index (χ1) is 15.2. The summed E-state index contributed by atoms with van der Waals surface area (Å²) in [7, 11) is 1.88.